The van der Waals surface area contributed by atoms with Crippen molar-refractivity contribution in [3.63, 3.8) is 0 Å². The van der Waals surface area contributed by atoms with Gasteiger partial charge in [0.2, 0.25) is 17.7 Å². The van der Waals surface area contributed by atoms with Gasteiger partial charge in [-0.15, -0.1) is 0 Å². The van der Waals surface area contributed by atoms with Crippen molar-refractivity contribution >= 4 is 79.9 Å². The number of carbonyl (C=O) groups excluding carboxylic acids is 2. The number of rotatable bonds is 13. The Morgan fingerprint density at radius 3 is 1.80 bits per heavy atom. The fourth-order valence-corrected chi connectivity index (χ4v) is 6.44. The van der Waals surface area contributed by atoms with E-state index in [1.54, 1.807) is 30.3 Å². The van der Waals surface area contributed by atoms with Crippen LogP contribution in [0.25, 0.3) is 44.6 Å². The lowest BCUT2D eigenvalue weighted by molar-refractivity contribution is -0.114. The van der Waals surface area contributed by atoms with Crippen LogP contribution >= 0.6 is 23.5 Å². The van der Waals surface area contributed by atoms with Crippen LogP contribution in [0.2, 0.25) is 0 Å². The molecule has 0 radical (unpaired) electrons. The first-order valence-corrected chi connectivity index (χ1v) is 17.5. The number of ether oxygens (including phenoxy) is 2. The predicted octanol–water partition coefficient (Wildman–Crippen LogP) is 7.51. The standard InChI is InChI=1S/C35H31N7O5S2/c1-3-45-23-10-12-25-27(16-23)41-34(39-25)48-18-31(43)36-21-7-5-20(6-8-21)33-38-29-15-22(9-14-30(29)47-33)37-32(44)19-49-35-40-26-13-11-24(46-4-2)17-28(26)42-35/h5-17H,3-4,18-19H2,1-2H3,(H,36,43)(H,37,44)(H,39,41)(H,40,42). The predicted molar refractivity (Wildman–Crippen MR) is 193 cm³/mol. The van der Waals surface area contributed by atoms with E-state index in [9.17, 15) is 9.59 Å². The molecule has 3 heterocycles. The summed E-state index contributed by atoms with van der Waals surface area (Å²) in [5.74, 6) is 2.01. The number of amides is 2. The van der Waals surface area contributed by atoms with Crippen LogP contribution < -0.4 is 20.1 Å². The number of aromatic nitrogens is 5. The van der Waals surface area contributed by atoms with Gasteiger partial charge in [0.25, 0.3) is 0 Å². The molecule has 7 aromatic rings. The van der Waals surface area contributed by atoms with Gasteiger partial charge in [0.05, 0.1) is 46.8 Å². The molecule has 0 aliphatic heterocycles. The number of nitrogens with zero attached hydrogens (tertiary/aromatic N) is 3. The Morgan fingerprint density at radius 1 is 0.673 bits per heavy atom. The summed E-state index contributed by atoms with van der Waals surface area (Å²) >= 11 is 2.64. The lowest BCUT2D eigenvalue weighted by Gasteiger charge is -2.05. The number of thioether (sulfide) groups is 2. The average Bonchev–Trinajstić information content (AvgIpc) is 3.83. The van der Waals surface area contributed by atoms with Crippen LogP contribution in [0.4, 0.5) is 11.4 Å². The SMILES string of the molecule is CCOc1ccc2nc(SCC(=O)Nc3ccc(-c4nc5cc(NC(=O)CSc6nc7ccc(OCC)cc7[nH]6)ccc5o4)cc3)[nH]c2c1. The smallest absolute Gasteiger partial charge is 0.234 e. The molecule has 0 saturated carbocycles. The van der Waals surface area contributed by atoms with E-state index in [1.807, 2.05) is 62.4 Å². The highest BCUT2D eigenvalue weighted by Gasteiger charge is 2.13. The quantitative estimate of drug-likeness (QED) is 0.0890. The number of imidazole rings is 2. The summed E-state index contributed by atoms with van der Waals surface area (Å²) in [6, 6.07) is 23.9. The van der Waals surface area contributed by atoms with Crippen molar-refractivity contribution in [2.75, 3.05) is 35.4 Å². The van der Waals surface area contributed by atoms with Crippen molar-refractivity contribution < 1.29 is 23.5 Å². The summed E-state index contributed by atoms with van der Waals surface area (Å²) in [5.41, 5.74) is 6.54. The summed E-state index contributed by atoms with van der Waals surface area (Å²) in [6.45, 7) is 5.04. The Balaban J connectivity index is 0.918. The maximum absolute atomic E-state index is 12.7. The highest BCUT2D eigenvalue weighted by atomic mass is 32.2. The average molecular weight is 694 g/mol. The molecule has 49 heavy (non-hydrogen) atoms. The lowest BCUT2D eigenvalue weighted by atomic mass is 10.2. The lowest BCUT2D eigenvalue weighted by Crippen LogP contribution is -2.14. The second kappa shape index (κ2) is 14.3. The Bertz CT molecular complexity index is 2280. The maximum Gasteiger partial charge on any atom is 0.234 e. The number of aromatic amines is 2. The molecule has 7 rings (SSSR count). The molecular weight excluding hydrogens is 663 g/mol. The molecule has 14 heteroatoms. The number of fused-ring (bicyclic) bond motifs is 3. The first kappa shape index (κ1) is 32.1. The number of carbonyl (C=O) groups is 2. The van der Waals surface area contributed by atoms with Gasteiger partial charge in [-0.3, -0.25) is 9.59 Å². The van der Waals surface area contributed by atoms with E-state index in [0.29, 0.717) is 51.9 Å². The second-order valence-corrected chi connectivity index (χ2v) is 12.7. The van der Waals surface area contributed by atoms with Gasteiger partial charge in [-0.2, -0.15) is 0 Å². The number of hydrogen-bond donors (Lipinski definition) is 4. The van der Waals surface area contributed by atoms with E-state index in [4.69, 9.17) is 13.9 Å². The van der Waals surface area contributed by atoms with Crippen LogP contribution in [-0.2, 0) is 9.59 Å². The zero-order valence-electron chi connectivity index (χ0n) is 26.5. The molecule has 0 atom stereocenters. The third-order valence-electron chi connectivity index (χ3n) is 7.25. The molecule has 0 unspecified atom stereocenters. The highest BCUT2D eigenvalue weighted by molar-refractivity contribution is 8.00. The van der Waals surface area contributed by atoms with Crippen LogP contribution in [0.15, 0.2) is 93.6 Å². The summed E-state index contributed by atoms with van der Waals surface area (Å²) in [4.78, 5) is 45.5. The molecule has 0 aliphatic carbocycles. The summed E-state index contributed by atoms with van der Waals surface area (Å²) in [6.07, 6.45) is 0. The number of H-pyrrole nitrogens is 2. The zero-order valence-corrected chi connectivity index (χ0v) is 28.2. The zero-order chi connectivity index (χ0) is 33.7. The largest absolute Gasteiger partial charge is 0.494 e. The van der Waals surface area contributed by atoms with Gasteiger partial charge in [-0.1, -0.05) is 23.5 Å². The topological polar surface area (TPSA) is 160 Å². The van der Waals surface area contributed by atoms with E-state index in [0.717, 1.165) is 39.1 Å². The van der Waals surface area contributed by atoms with E-state index >= 15 is 0 Å². The number of hydrogen-bond acceptors (Lipinski definition) is 10. The minimum Gasteiger partial charge on any atom is -0.494 e. The van der Waals surface area contributed by atoms with Gasteiger partial charge in [-0.25, -0.2) is 15.0 Å². The normalized spacial score (nSPS) is 11.3. The maximum atomic E-state index is 12.7. The van der Waals surface area contributed by atoms with E-state index < -0.39 is 0 Å². The Hall–Kier alpha value is -5.47. The number of anilines is 2. The van der Waals surface area contributed by atoms with Crippen LogP contribution in [0.5, 0.6) is 11.5 Å². The molecule has 0 spiro atoms. The van der Waals surface area contributed by atoms with Crippen LogP contribution in [0.1, 0.15) is 13.8 Å². The Kier molecular flexibility index (Phi) is 9.39. The van der Waals surface area contributed by atoms with Crippen molar-refractivity contribution in [3.05, 3.63) is 78.9 Å². The van der Waals surface area contributed by atoms with Gasteiger partial charge < -0.3 is 34.5 Å². The fourth-order valence-electron chi connectivity index (χ4n) is 5.07. The number of oxazole rings is 1. The van der Waals surface area contributed by atoms with Gasteiger partial charge in [0, 0.05) is 29.1 Å². The third-order valence-corrected chi connectivity index (χ3v) is 9.00. The molecule has 248 valence electrons. The van der Waals surface area contributed by atoms with Crippen LogP contribution in [0.3, 0.4) is 0 Å². The molecule has 0 bridgehead atoms. The van der Waals surface area contributed by atoms with Crippen molar-refractivity contribution in [1.29, 1.82) is 0 Å². The molecule has 12 nitrogen and oxygen atoms in total. The summed E-state index contributed by atoms with van der Waals surface area (Å²) in [7, 11) is 0. The number of benzene rings is 4. The third kappa shape index (κ3) is 7.66. The van der Waals surface area contributed by atoms with Gasteiger partial charge in [0.15, 0.2) is 15.9 Å². The van der Waals surface area contributed by atoms with Crippen LogP contribution in [-0.4, -0.2) is 61.5 Å². The Labute approximate surface area is 288 Å². The molecule has 3 aromatic heterocycles. The van der Waals surface area contributed by atoms with Crippen molar-refractivity contribution in [2.45, 2.75) is 24.2 Å². The monoisotopic (exact) mass is 693 g/mol. The number of nitrogens with one attached hydrogen (secondary N) is 4. The van der Waals surface area contributed by atoms with Crippen molar-refractivity contribution in [2.24, 2.45) is 0 Å². The molecule has 2 amide bonds. The molecule has 4 N–H and O–H groups in total. The van der Waals surface area contributed by atoms with Gasteiger partial charge >= 0.3 is 0 Å². The Morgan fingerprint density at radius 2 is 1.22 bits per heavy atom. The molecule has 0 saturated heterocycles. The summed E-state index contributed by atoms with van der Waals surface area (Å²) in [5, 5.41) is 7.14. The van der Waals surface area contributed by atoms with Crippen molar-refractivity contribution in [3.8, 4) is 23.0 Å². The minimum atomic E-state index is -0.173. The van der Waals surface area contributed by atoms with E-state index in [2.05, 4.69) is 35.6 Å². The molecule has 4 aromatic carbocycles. The van der Waals surface area contributed by atoms with E-state index in [1.165, 1.54) is 23.5 Å². The highest BCUT2D eigenvalue weighted by Crippen LogP contribution is 2.29. The molecular formula is C35H31N7O5S2. The second-order valence-electron chi connectivity index (χ2n) is 10.8. The fraction of sp³-hybridized carbons (Fsp3) is 0.171. The van der Waals surface area contributed by atoms with Gasteiger partial charge in [0.1, 0.15) is 17.0 Å². The van der Waals surface area contributed by atoms with Crippen LogP contribution in [0, 0.1) is 0 Å². The van der Waals surface area contributed by atoms with Gasteiger partial charge in [-0.05, 0) is 80.6 Å². The molecule has 0 aliphatic rings. The first-order valence-electron chi connectivity index (χ1n) is 15.5. The molecule has 0 fully saturated rings. The summed E-state index contributed by atoms with van der Waals surface area (Å²) < 4.78 is 17.1. The van der Waals surface area contributed by atoms with E-state index in [-0.39, 0.29) is 23.3 Å². The van der Waals surface area contributed by atoms with Crippen molar-refractivity contribution in [1.82, 2.24) is 24.9 Å². The minimum absolute atomic E-state index is 0.156. The first-order chi connectivity index (χ1) is 23.9.